The molecule has 0 saturated carbocycles. The van der Waals surface area contributed by atoms with Crippen molar-refractivity contribution in [1.82, 2.24) is 0 Å². The number of carbonyl (C=O) groups is 1. The highest BCUT2D eigenvalue weighted by Crippen LogP contribution is 2.34. The number of hydrogen-bond donors (Lipinski definition) is 1. The van der Waals surface area contributed by atoms with Crippen molar-refractivity contribution >= 4 is 28.9 Å². The minimum atomic E-state index is -0.873. The van der Waals surface area contributed by atoms with Gasteiger partial charge in [0, 0.05) is 24.2 Å². The molecule has 1 aliphatic heterocycles. The Balaban J connectivity index is 2.31. The van der Waals surface area contributed by atoms with Crippen molar-refractivity contribution in [2.45, 2.75) is 6.42 Å². The fourth-order valence-corrected chi connectivity index (χ4v) is 2.25. The van der Waals surface area contributed by atoms with Gasteiger partial charge in [-0.2, -0.15) is 0 Å². The normalized spacial score (nSPS) is 18.9. The molecular formula is C11H11ClN2O4. The monoisotopic (exact) mass is 270 g/mol. The molecule has 6 nitrogen and oxygen atoms in total. The third-order valence-electron chi connectivity index (χ3n) is 3.01. The van der Waals surface area contributed by atoms with Crippen molar-refractivity contribution < 1.29 is 14.8 Å². The molecule has 18 heavy (non-hydrogen) atoms. The molecule has 1 fully saturated rings. The van der Waals surface area contributed by atoms with E-state index in [9.17, 15) is 14.9 Å². The number of anilines is 1. The predicted octanol–water partition coefficient (Wildman–Crippen LogP) is 2.16. The van der Waals surface area contributed by atoms with Crippen LogP contribution in [-0.2, 0) is 4.79 Å². The van der Waals surface area contributed by atoms with E-state index in [0.29, 0.717) is 23.7 Å². The molecule has 7 heteroatoms. The van der Waals surface area contributed by atoms with Gasteiger partial charge in [0.05, 0.1) is 10.8 Å². The molecule has 1 aliphatic rings. The number of carboxylic acid groups (broad SMARTS) is 1. The van der Waals surface area contributed by atoms with Gasteiger partial charge in [-0.1, -0.05) is 11.6 Å². The summed E-state index contributed by atoms with van der Waals surface area (Å²) in [7, 11) is 0. The number of nitrogens with zero attached hydrogens (tertiary/aromatic N) is 2. The number of aliphatic carboxylic acids is 1. The summed E-state index contributed by atoms with van der Waals surface area (Å²) in [4.78, 5) is 23.0. The zero-order valence-corrected chi connectivity index (χ0v) is 10.1. The molecule has 2 rings (SSSR count). The lowest BCUT2D eigenvalue weighted by Gasteiger charge is -2.18. The maximum Gasteiger partial charge on any atom is 0.308 e. The van der Waals surface area contributed by atoms with Crippen LogP contribution in [0.25, 0.3) is 0 Å². The smallest absolute Gasteiger partial charge is 0.308 e. The summed E-state index contributed by atoms with van der Waals surface area (Å²) in [5.41, 5.74) is 0.335. The standard InChI is InChI=1S/C11H11ClN2O4/c12-8-1-2-9(14(17)18)10(5-8)13-4-3-7(6-13)11(15)16/h1-2,5,7H,3-4,6H2,(H,15,16). The van der Waals surface area contributed by atoms with Gasteiger partial charge < -0.3 is 10.0 Å². The van der Waals surface area contributed by atoms with Gasteiger partial charge in [0.15, 0.2) is 0 Å². The average molecular weight is 271 g/mol. The summed E-state index contributed by atoms with van der Waals surface area (Å²) in [5.74, 6) is -1.36. The molecule has 0 aliphatic carbocycles. The van der Waals surface area contributed by atoms with E-state index in [1.807, 2.05) is 0 Å². The van der Waals surface area contributed by atoms with Gasteiger partial charge >= 0.3 is 5.97 Å². The minimum Gasteiger partial charge on any atom is -0.481 e. The van der Waals surface area contributed by atoms with Crippen LogP contribution < -0.4 is 4.90 Å². The van der Waals surface area contributed by atoms with Gasteiger partial charge in [-0.05, 0) is 18.6 Å². The van der Waals surface area contributed by atoms with Crippen molar-refractivity contribution in [1.29, 1.82) is 0 Å². The maximum atomic E-state index is 10.9. The summed E-state index contributed by atoms with van der Waals surface area (Å²) in [6.45, 7) is 0.759. The zero-order valence-electron chi connectivity index (χ0n) is 9.38. The van der Waals surface area contributed by atoms with Gasteiger partial charge in [0.25, 0.3) is 5.69 Å². The highest BCUT2D eigenvalue weighted by atomic mass is 35.5. The second-order valence-electron chi connectivity index (χ2n) is 4.16. The Bertz CT molecular complexity index is 506. The molecule has 0 aromatic heterocycles. The average Bonchev–Trinajstić information content (AvgIpc) is 2.77. The first-order valence-corrected chi connectivity index (χ1v) is 5.78. The molecule has 0 spiro atoms. The van der Waals surface area contributed by atoms with Crippen molar-refractivity contribution in [3.8, 4) is 0 Å². The van der Waals surface area contributed by atoms with Crippen LogP contribution in [0.15, 0.2) is 18.2 Å². The Morgan fingerprint density at radius 1 is 1.56 bits per heavy atom. The first-order valence-electron chi connectivity index (χ1n) is 5.40. The number of nitro groups is 1. The van der Waals surface area contributed by atoms with E-state index in [1.54, 1.807) is 4.90 Å². The molecule has 1 saturated heterocycles. The van der Waals surface area contributed by atoms with Crippen LogP contribution in [0.3, 0.4) is 0 Å². The molecule has 1 aromatic carbocycles. The molecule has 0 radical (unpaired) electrons. The highest BCUT2D eigenvalue weighted by molar-refractivity contribution is 6.31. The quantitative estimate of drug-likeness (QED) is 0.672. The summed E-state index contributed by atoms with van der Waals surface area (Å²) >= 11 is 5.83. The number of hydrogen-bond acceptors (Lipinski definition) is 4. The number of nitro benzene ring substituents is 1. The predicted molar refractivity (Wildman–Crippen MR) is 66.1 cm³/mol. The summed E-state index contributed by atoms with van der Waals surface area (Å²) in [6.07, 6.45) is 0.485. The van der Waals surface area contributed by atoms with E-state index in [4.69, 9.17) is 16.7 Å². The molecule has 1 aromatic rings. The Morgan fingerprint density at radius 2 is 2.28 bits per heavy atom. The topological polar surface area (TPSA) is 83.7 Å². The van der Waals surface area contributed by atoms with Crippen LogP contribution >= 0.6 is 11.6 Å². The Hall–Kier alpha value is -1.82. The molecule has 1 heterocycles. The van der Waals surface area contributed by atoms with E-state index in [2.05, 4.69) is 0 Å². The molecule has 1 atom stereocenters. The minimum absolute atomic E-state index is 0.0505. The highest BCUT2D eigenvalue weighted by Gasteiger charge is 2.31. The van der Waals surface area contributed by atoms with Crippen LogP contribution in [0, 0.1) is 16.0 Å². The second-order valence-corrected chi connectivity index (χ2v) is 4.60. The zero-order chi connectivity index (χ0) is 13.3. The van der Waals surface area contributed by atoms with Crippen LogP contribution in [0.4, 0.5) is 11.4 Å². The lowest BCUT2D eigenvalue weighted by molar-refractivity contribution is -0.384. The Kier molecular flexibility index (Phi) is 3.38. The van der Waals surface area contributed by atoms with Crippen LogP contribution in [0.1, 0.15) is 6.42 Å². The van der Waals surface area contributed by atoms with Gasteiger partial charge in [-0.15, -0.1) is 0 Å². The summed E-state index contributed by atoms with van der Waals surface area (Å²) < 4.78 is 0. The molecular weight excluding hydrogens is 260 g/mol. The van der Waals surface area contributed by atoms with E-state index in [0.717, 1.165) is 0 Å². The first-order chi connectivity index (χ1) is 8.49. The fourth-order valence-electron chi connectivity index (χ4n) is 2.08. The SMILES string of the molecule is O=C(O)C1CCN(c2cc(Cl)ccc2[N+](=O)[O-])C1. The van der Waals surface area contributed by atoms with E-state index >= 15 is 0 Å². The molecule has 1 N–H and O–H groups in total. The van der Waals surface area contributed by atoms with E-state index in [1.165, 1.54) is 18.2 Å². The fraction of sp³-hybridized carbons (Fsp3) is 0.364. The lowest BCUT2D eigenvalue weighted by atomic mass is 10.1. The number of rotatable bonds is 3. The molecule has 96 valence electrons. The number of benzene rings is 1. The van der Waals surface area contributed by atoms with Gasteiger partial charge in [0.2, 0.25) is 0 Å². The second kappa shape index (κ2) is 4.81. The van der Waals surface area contributed by atoms with Crippen molar-refractivity contribution in [3.63, 3.8) is 0 Å². The Morgan fingerprint density at radius 3 is 2.83 bits per heavy atom. The molecule has 0 amide bonds. The third kappa shape index (κ3) is 2.38. The van der Waals surface area contributed by atoms with Crippen LogP contribution in [0.2, 0.25) is 5.02 Å². The van der Waals surface area contributed by atoms with Gasteiger partial charge in [0.1, 0.15) is 5.69 Å². The Labute approximate surface area is 108 Å². The van der Waals surface area contributed by atoms with Gasteiger partial charge in [-0.3, -0.25) is 14.9 Å². The maximum absolute atomic E-state index is 10.9. The van der Waals surface area contributed by atoms with Gasteiger partial charge in [-0.25, -0.2) is 0 Å². The van der Waals surface area contributed by atoms with E-state index in [-0.39, 0.29) is 12.2 Å². The summed E-state index contributed by atoms with van der Waals surface area (Å²) in [5, 5.41) is 20.2. The first kappa shape index (κ1) is 12.6. The van der Waals surface area contributed by atoms with E-state index < -0.39 is 16.8 Å². The number of halogens is 1. The largest absolute Gasteiger partial charge is 0.481 e. The van der Waals surface area contributed by atoms with Crippen LogP contribution in [-0.4, -0.2) is 29.1 Å². The molecule has 0 bridgehead atoms. The lowest BCUT2D eigenvalue weighted by Crippen LogP contribution is -2.23. The summed E-state index contributed by atoms with van der Waals surface area (Å²) in [6, 6.07) is 4.30. The number of carboxylic acids is 1. The van der Waals surface area contributed by atoms with Crippen molar-refractivity contribution in [2.24, 2.45) is 5.92 Å². The van der Waals surface area contributed by atoms with Crippen LogP contribution in [0.5, 0.6) is 0 Å². The third-order valence-corrected chi connectivity index (χ3v) is 3.25. The molecule has 1 unspecified atom stereocenters. The van der Waals surface area contributed by atoms with Crippen molar-refractivity contribution in [2.75, 3.05) is 18.0 Å². The van der Waals surface area contributed by atoms with Crippen molar-refractivity contribution in [3.05, 3.63) is 33.3 Å².